The number of anilines is 1. The van der Waals surface area contributed by atoms with E-state index in [1.165, 1.54) is 18.2 Å². The van der Waals surface area contributed by atoms with Gasteiger partial charge in [-0.3, -0.25) is 4.79 Å². The Morgan fingerprint density at radius 3 is 2.53 bits per heavy atom. The maximum atomic E-state index is 13.6. The Balaban J connectivity index is 2.38. The molecule has 0 saturated heterocycles. The van der Waals surface area contributed by atoms with Crippen LogP contribution < -0.4 is 10.6 Å². The summed E-state index contributed by atoms with van der Waals surface area (Å²) in [4.78, 5) is 31.2. The highest BCUT2D eigenvalue weighted by atomic mass is 79.9. The standard InChI is InChI=1S/C23H25BrClN3O5S/c1-6-9-34(31,32)19-8-7-15(25)12-18(19)28(22(30)33-23(3,4)5)27-13-26-20-16(21(27)29)10-14(2)11-17(20)24/h7-8,10-13H,6,9H2,1-5H3. The zero-order valence-electron chi connectivity index (χ0n) is 19.4. The van der Waals surface area contributed by atoms with Crippen LogP contribution in [0.5, 0.6) is 0 Å². The van der Waals surface area contributed by atoms with Gasteiger partial charge in [-0.05, 0) is 85.9 Å². The van der Waals surface area contributed by atoms with Crippen LogP contribution in [0.1, 0.15) is 39.7 Å². The third-order valence-electron chi connectivity index (χ3n) is 4.68. The minimum absolute atomic E-state index is 0.106. The van der Waals surface area contributed by atoms with Crippen LogP contribution in [0.3, 0.4) is 0 Å². The topological polar surface area (TPSA) is 98.6 Å². The summed E-state index contributed by atoms with van der Waals surface area (Å²) in [7, 11) is -3.81. The zero-order valence-corrected chi connectivity index (χ0v) is 22.6. The maximum absolute atomic E-state index is 13.6. The van der Waals surface area contributed by atoms with E-state index in [0.29, 0.717) is 16.4 Å². The number of halogens is 2. The Bertz CT molecular complexity index is 1430. The summed E-state index contributed by atoms with van der Waals surface area (Å²) in [6.45, 7) is 8.54. The average molecular weight is 571 g/mol. The average Bonchev–Trinajstić information content (AvgIpc) is 2.69. The summed E-state index contributed by atoms with van der Waals surface area (Å²) >= 11 is 9.62. The van der Waals surface area contributed by atoms with Gasteiger partial charge in [0.25, 0.3) is 5.56 Å². The quantitative estimate of drug-likeness (QED) is 0.401. The molecule has 11 heteroatoms. The largest absolute Gasteiger partial charge is 0.442 e. The van der Waals surface area contributed by atoms with Gasteiger partial charge < -0.3 is 4.74 Å². The van der Waals surface area contributed by atoms with Gasteiger partial charge in [0.05, 0.1) is 27.2 Å². The van der Waals surface area contributed by atoms with Gasteiger partial charge in [-0.1, -0.05) is 18.5 Å². The molecule has 0 aliphatic rings. The van der Waals surface area contributed by atoms with E-state index >= 15 is 0 Å². The predicted octanol–water partition coefficient (Wildman–Crippen LogP) is 5.51. The lowest BCUT2D eigenvalue weighted by atomic mass is 10.2. The Labute approximate surface area is 211 Å². The second kappa shape index (κ2) is 9.67. The van der Waals surface area contributed by atoms with Crippen molar-refractivity contribution < 1.29 is 17.9 Å². The number of nitrogens with zero attached hydrogens (tertiary/aromatic N) is 3. The van der Waals surface area contributed by atoms with Gasteiger partial charge in [0.2, 0.25) is 0 Å². The zero-order chi connectivity index (χ0) is 25.4. The van der Waals surface area contributed by atoms with Crippen LogP contribution >= 0.6 is 27.5 Å². The number of sulfone groups is 1. The van der Waals surface area contributed by atoms with E-state index in [4.69, 9.17) is 16.3 Å². The fourth-order valence-corrected chi connectivity index (χ4v) is 5.71. The Morgan fingerprint density at radius 2 is 1.91 bits per heavy atom. The van der Waals surface area contributed by atoms with Gasteiger partial charge in [0, 0.05) is 9.50 Å². The molecule has 0 spiro atoms. The lowest BCUT2D eigenvalue weighted by molar-refractivity contribution is 0.0561. The molecule has 0 atom stereocenters. The van der Waals surface area contributed by atoms with E-state index in [-0.39, 0.29) is 26.7 Å². The van der Waals surface area contributed by atoms with Crippen molar-refractivity contribution in [2.75, 3.05) is 10.8 Å². The number of benzene rings is 2. The number of carbonyl (C=O) groups is 1. The number of amides is 1. The molecule has 34 heavy (non-hydrogen) atoms. The molecule has 0 fully saturated rings. The van der Waals surface area contributed by atoms with E-state index in [9.17, 15) is 18.0 Å². The van der Waals surface area contributed by atoms with Crippen molar-refractivity contribution in [3.63, 3.8) is 0 Å². The minimum atomic E-state index is -3.81. The normalized spacial score (nSPS) is 12.1. The van der Waals surface area contributed by atoms with Crippen molar-refractivity contribution in [3.05, 3.63) is 62.1 Å². The van der Waals surface area contributed by atoms with E-state index in [1.54, 1.807) is 33.8 Å². The van der Waals surface area contributed by atoms with Gasteiger partial charge >= 0.3 is 6.09 Å². The monoisotopic (exact) mass is 569 g/mol. The first-order valence-corrected chi connectivity index (χ1v) is 13.3. The Kier molecular flexibility index (Phi) is 7.45. The Morgan fingerprint density at radius 1 is 1.24 bits per heavy atom. The van der Waals surface area contributed by atoms with E-state index < -0.39 is 27.1 Å². The van der Waals surface area contributed by atoms with Gasteiger partial charge in [-0.25, -0.2) is 18.2 Å². The van der Waals surface area contributed by atoms with Gasteiger partial charge in [0.1, 0.15) is 11.9 Å². The van der Waals surface area contributed by atoms with Crippen molar-refractivity contribution in [1.82, 2.24) is 9.66 Å². The lowest BCUT2D eigenvalue weighted by Gasteiger charge is -2.29. The molecule has 0 unspecified atom stereocenters. The molecule has 0 N–H and O–H groups in total. The van der Waals surface area contributed by atoms with Crippen LogP contribution in [0, 0.1) is 6.92 Å². The molecule has 0 bridgehead atoms. The second-order valence-corrected chi connectivity index (χ2v) is 12.1. The van der Waals surface area contributed by atoms with Gasteiger partial charge in [0.15, 0.2) is 9.84 Å². The third kappa shape index (κ3) is 5.45. The molecule has 0 saturated carbocycles. The fourth-order valence-electron chi connectivity index (χ4n) is 3.36. The summed E-state index contributed by atoms with van der Waals surface area (Å²) in [5.74, 6) is -0.152. The van der Waals surface area contributed by atoms with Crippen molar-refractivity contribution in [1.29, 1.82) is 0 Å². The number of fused-ring (bicyclic) bond motifs is 1. The Hall–Kier alpha value is -2.43. The van der Waals surface area contributed by atoms with Crippen LogP contribution in [-0.2, 0) is 14.6 Å². The highest BCUT2D eigenvalue weighted by Gasteiger charge is 2.31. The molecule has 1 amide bonds. The number of carbonyl (C=O) groups excluding carboxylic acids is 1. The molecular weight excluding hydrogens is 546 g/mol. The molecule has 0 aliphatic heterocycles. The predicted molar refractivity (Wildman–Crippen MR) is 136 cm³/mol. The first-order chi connectivity index (χ1) is 15.7. The summed E-state index contributed by atoms with van der Waals surface area (Å²) in [6, 6.07) is 7.52. The minimum Gasteiger partial charge on any atom is -0.442 e. The highest BCUT2D eigenvalue weighted by molar-refractivity contribution is 9.10. The molecular formula is C23H25BrClN3O5S. The van der Waals surface area contributed by atoms with Crippen LogP contribution in [-0.4, -0.2) is 35.5 Å². The molecule has 1 aromatic heterocycles. The first-order valence-electron chi connectivity index (χ1n) is 10.5. The van der Waals surface area contributed by atoms with Gasteiger partial charge in [-0.2, -0.15) is 9.69 Å². The van der Waals surface area contributed by atoms with Gasteiger partial charge in [-0.15, -0.1) is 0 Å². The molecule has 8 nitrogen and oxygen atoms in total. The smallest absolute Gasteiger partial charge is 0.434 e. The summed E-state index contributed by atoms with van der Waals surface area (Å²) < 4.78 is 33.2. The molecule has 2 aromatic carbocycles. The summed E-state index contributed by atoms with van der Waals surface area (Å²) in [6.07, 6.45) is 0.561. The second-order valence-electron chi connectivity index (χ2n) is 8.76. The lowest BCUT2D eigenvalue weighted by Crippen LogP contribution is -2.46. The van der Waals surface area contributed by atoms with E-state index in [2.05, 4.69) is 20.9 Å². The number of ether oxygens (including phenoxy) is 1. The number of aromatic nitrogens is 2. The van der Waals surface area contributed by atoms with Crippen molar-refractivity contribution in [2.45, 2.75) is 51.5 Å². The van der Waals surface area contributed by atoms with Crippen molar-refractivity contribution in [2.24, 2.45) is 0 Å². The molecule has 182 valence electrons. The summed E-state index contributed by atoms with van der Waals surface area (Å²) in [5, 5.41) is 1.28. The molecule has 1 heterocycles. The molecule has 0 radical (unpaired) electrons. The van der Waals surface area contributed by atoms with E-state index in [0.717, 1.165) is 21.6 Å². The number of aryl methyl sites for hydroxylation is 1. The number of hydrogen-bond acceptors (Lipinski definition) is 6. The molecule has 3 aromatic rings. The first kappa shape index (κ1) is 26.2. The van der Waals surface area contributed by atoms with Crippen molar-refractivity contribution in [3.8, 4) is 0 Å². The molecule has 0 aliphatic carbocycles. The fraction of sp³-hybridized carbons (Fsp3) is 0.348. The van der Waals surface area contributed by atoms with Crippen LogP contribution in [0.25, 0.3) is 10.9 Å². The van der Waals surface area contributed by atoms with Crippen LogP contribution in [0.2, 0.25) is 5.02 Å². The van der Waals surface area contributed by atoms with Crippen LogP contribution in [0.15, 0.2) is 50.8 Å². The van der Waals surface area contributed by atoms with E-state index in [1.807, 2.05) is 13.0 Å². The maximum Gasteiger partial charge on any atom is 0.434 e. The van der Waals surface area contributed by atoms with Crippen LogP contribution in [0.4, 0.5) is 10.5 Å². The molecule has 3 rings (SSSR count). The highest BCUT2D eigenvalue weighted by Crippen LogP contribution is 2.32. The number of hydrogen-bond donors (Lipinski definition) is 0. The summed E-state index contributed by atoms with van der Waals surface area (Å²) in [5.41, 5.74) is -0.414. The number of rotatable bonds is 5. The third-order valence-corrected chi connectivity index (χ3v) is 7.48. The van der Waals surface area contributed by atoms with Crippen molar-refractivity contribution >= 4 is 60.1 Å². The SMILES string of the molecule is CCCS(=O)(=O)c1ccc(Cl)cc1N(C(=O)OC(C)(C)C)n1cnc2c(Br)cc(C)cc2c1=O.